The molecule has 0 saturated carbocycles. The normalized spacial score (nSPS) is 11.8. The van der Waals surface area contributed by atoms with Crippen LogP contribution in [-0.2, 0) is 4.79 Å². The molecular weight excluding hydrogens is 400 g/mol. The maximum atomic E-state index is 12.3. The zero-order valence-electron chi connectivity index (χ0n) is 18.2. The fourth-order valence-corrected chi connectivity index (χ4v) is 3.82. The molecule has 7 nitrogen and oxygen atoms in total. The van der Waals surface area contributed by atoms with Gasteiger partial charge >= 0.3 is 0 Å². The minimum Gasteiger partial charge on any atom is -0.353 e. The Hall–Kier alpha value is -4.00. The maximum absolute atomic E-state index is 12.3. The average Bonchev–Trinajstić information content (AvgIpc) is 3.35. The zero-order valence-corrected chi connectivity index (χ0v) is 18.2. The minimum atomic E-state index is -0.0813. The number of fused-ring (bicyclic) bond motifs is 2. The highest BCUT2D eigenvalue weighted by molar-refractivity contribution is 5.97. The van der Waals surface area contributed by atoms with Crippen molar-refractivity contribution in [2.24, 2.45) is 5.41 Å². The van der Waals surface area contributed by atoms with E-state index in [0.717, 1.165) is 44.5 Å². The number of nitrogens with one attached hydrogen (secondary N) is 3. The first-order valence-corrected chi connectivity index (χ1v) is 10.5. The highest BCUT2D eigenvalue weighted by Gasteiger charge is 2.17. The zero-order chi connectivity index (χ0) is 22.3. The Morgan fingerprint density at radius 2 is 1.88 bits per heavy atom. The largest absolute Gasteiger partial charge is 0.353 e. The van der Waals surface area contributed by atoms with E-state index in [0.29, 0.717) is 12.1 Å². The number of carbonyl (C=O) groups is 1. The Bertz CT molecular complexity index is 1410. The van der Waals surface area contributed by atoms with Gasteiger partial charge in [0.05, 0.1) is 35.0 Å². The smallest absolute Gasteiger partial charge is 0.224 e. The van der Waals surface area contributed by atoms with E-state index >= 15 is 0 Å². The standard InChI is InChI=1S/C25H24N6O/c1-25(2,3)11-23(32)28-17-8-16(12-26-13-17)20-10-18-22(14-27-20)30-31-24(18)21-9-15-6-4-5-7-19(15)29-21/h4-10,12-14,29H,11H2,1-3H3,(H,28,32)(H,30,31). The third-order valence-corrected chi connectivity index (χ3v) is 5.24. The highest BCUT2D eigenvalue weighted by atomic mass is 16.1. The van der Waals surface area contributed by atoms with Crippen LogP contribution in [0, 0.1) is 5.41 Å². The van der Waals surface area contributed by atoms with Gasteiger partial charge in [-0.15, -0.1) is 0 Å². The van der Waals surface area contributed by atoms with Crippen molar-refractivity contribution in [2.45, 2.75) is 27.2 Å². The number of hydrogen-bond donors (Lipinski definition) is 3. The van der Waals surface area contributed by atoms with E-state index in [9.17, 15) is 4.79 Å². The fourth-order valence-electron chi connectivity index (χ4n) is 3.82. The Kier molecular flexibility index (Phi) is 4.74. The van der Waals surface area contributed by atoms with E-state index in [1.54, 1.807) is 18.6 Å². The molecule has 0 atom stereocenters. The Morgan fingerprint density at radius 1 is 1.03 bits per heavy atom. The minimum absolute atomic E-state index is 0.0317. The first-order valence-electron chi connectivity index (χ1n) is 10.5. The Labute approximate surface area is 185 Å². The van der Waals surface area contributed by atoms with Crippen LogP contribution in [0.1, 0.15) is 27.2 Å². The second-order valence-corrected chi connectivity index (χ2v) is 9.21. The SMILES string of the molecule is CC(C)(C)CC(=O)Nc1cncc(-c2cc3c(-c4cc5ccccc5[nH]4)n[nH]c3cn2)c1. The quantitative estimate of drug-likeness (QED) is 0.352. The molecule has 4 heterocycles. The molecule has 32 heavy (non-hydrogen) atoms. The molecule has 0 bridgehead atoms. The van der Waals surface area contributed by atoms with Crippen LogP contribution in [0.2, 0.25) is 0 Å². The molecule has 1 amide bonds. The number of aromatic nitrogens is 5. The van der Waals surface area contributed by atoms with Gasteiger partial charge in [0, 0.05) is 34.5 Å². The number of H-pyrrole nitrogens is 2. The van der Waals surface area contributed by atoms with Crippen LogP contribution in [-0.4, -0.2) is 31.1 Å². The molecule has 160 valence electrons. The molecule has 4 aromatic heterocycles. The second-order valence-electron chi connectivity index (χ2n) is 9.21. The Balaban J connectivity index is 1.49. The van der Waals surface area contributed by atoms with Gasteiger partial charge in [0.25, 0.3) is 0 Å². The summed E-state index contributed by atoms with van der Waals surface area (Å²) in [5.74, 6) is -0.0317. The van der Waals surface area contributed by atoms with Crippen molar-refractivity contribution in [3.8, 4) is 22.6 Å². The second kappa shape index (κ2) is 7.60. The number of anilines is 1. The number of hydrogen-bond acceptors (Lipinski definition) is 4. The summed E-state index contributed by atoms with van der Waals surface area (Å²) in [4.78, 5) is 24.6. The van der Waals surface area contributed by atoms with Gasteiger partial charge in [-0.25, -0.2) is 0 Å². The number of rotatable bonds is 4. The lowest BCUT2D eigenvalue weighted by Gasteiger charge is -2.17. The summed E-state index contributed by atoms with van der Waals surface area (Å²) in [6.07, 6.45) is 5.60. The van der Waals surface area contributed by atoms with Crippen molar-refractivity contribution in [2.75, 3.05) is 5.32 Å². The third-order valence-electron chi connectivity index (χ3n) is 5.24. The predicted octanol–water partition coefficient (Wildman–Crippen LogP) is 5.54. The van der Waals surface area contributed by atoms with Crippen LogP contribution in [0.15, 0.2) is 61.1 Å². The summed E-state index contributed by atoms with van der Waals surface area (Å²) in [6, 6.07) is 14.1. The van der Waals surface area contributed by atoms with E-state index in [2.05, 4.69) is 42.6 Å². The van der Waals surface area contributed by atoms with Crippen LogP contribution in [0.3, 0.4) is 0 Å². The summed E-state index contributed by atoms with van der Waals surface area (Å²) in [6.45, 7) is 6.11. The van der Waals surface area contributed by atoms with Gasteiger partial charge < -0.3 is 10.3 Å². The van der Waals surface area contributed by atoms with Gasteiger partial charge in [-0.3, -0.25) is 19.9 Å². The molecule has 0 unspecified atom stereocenters. The molecule has 1 aromatic carbocycles. The third kappa shape index (κ3) is 3.97. The van der Waals surface area contributed by atoms with Gasteiger partial charge in [-0.05, 0) is 29.7 Å². The molecular formula is C25H24N6O. The molecule has 5 rings (SSSR count). The van der Waals surface area contributed by atoms with Crippen molar-refractivity contribution in [1.29, 1.82) is 0 Å². The lowest BCUT2D eigenvalue weighted by atomic mass is 9.92. The summed E-state index contributed by atoms with van der Waals surface area (Å²) in [5, 5.41) is 12.6. The van der Waals surface area contributed by atoms with Gasteiger partial charge in [0.2, 0.25) is 5.91 Å². The van der Waals surface area contributed by atoms with E-state index < -0.39 is 0 Å². The van der Waals surface area contributed by atoms with Crippen molar-refractivity contribution in [3.63, 3.8) is 0 Å². The molecule has 0 fully saturated rings. The number of para-hydroxylation sites is 1. The number of nitrogens with zero attached hydrogens (tertiary/aromatic N) is 3. The highest BCUT2D eigenvalue weighted by Crippen LogP contribution is 2.31. The van der Waals surface area contributed by atoms with Crippen molar-refractivity contribution >= 4 is 33.4 Å². The number of benzene rings is 1. The lowest BCUT2D eigenvalue weighted by Crippen LogP contribution is -2.19. The molecule has 0 aliphatic carbocycles. The van der Waals surface area contributed by atoms with Gasteiger partial charge in [0.1, 0.15) is 5.69 Å². The molecule has 7 heteroatoms. The van der Waals surface area contributed by atoms with Gasteiger partial charge in [0.15, 0.2) is 0 Å². The van der Waals surface area contributed by atoms with Crippen molar-refractivity contribution in [3.05, 3.63) is 61.1 Å². The fraction of sp³-hybridized carbons (Fsp3) is 0.200. The molecule has 0 saturated heterocycles. The van der Waals surface area contributed by atoms with Crippen molar-refractivity contribution < 1.29 is 4.79 Å². The molecule has 3 N–H and O–H groups in total. The molecule has 5 aromatic rings. The van der Waals surface area contributed by atoms with E-state index in [1.165, 1.54) is 0 Å². The first-order chi connectivity index (χ1) is 15.4. The van der Waals surface area contributed by atoms with Gasteiger partial charge in [-0.2, -0.15) is 5.10 Å². The van der Waals surface area contributed by atoms with Gasteiger partial charge in [-0.1, -0.05) is 39.0 Å². The molecule has 0 aliphatic rings. The van der Waals surface area contributed by atoms with Crippen LogP contribution in [0.5, 0.6) is 0 Å². The van der Waals surface area contributed by atoms with Crippen LogP contribution in [0.4, 0.5) is 5.69 Å². The molecule has 0 spiro atoms. The van der Waals surface area contributed by atoms with E-state index in [-0.39, 0.29) is 11.3 Å². The summed E-state index contributed by atoms with van der Waals surface area (Å²) in [7, 11) is 0. The van der Waals surface area contributed by atoms with Crippen LogP contribution < -0.4 is 5.32 Å². The monoisotopic (exact) mass is 424 g/mol. The van der Waals surface area contributed by atoms with E-state index in [1.807, 2.05) is 51.1 Å². The lowest BCUT2D eigenvalue weighted by molar-refractivity contribution is -0.117. The summed E-state index contributed by atoms with van der Waals surface area (Å²) < 4.78 is 0. The van der Waals surface area contributed by atoms with Crippen LogP contribution in [0.25, 0.3) is 44.5 Å². The topological polar surface area (TPSA) is 99.4 Å². The molecule has 0 aliphatic heterocycles. The first kappa shape index (κ1) is 19.9. The van der Waals surface area contributed by atoms with Crippen molar-refractivity contribution in [1.82, 2.24) is 25.1 Å². The Morgan fingerprint density at radius 3 is 2.69 bits per heavy atom. The summed E-state index contributed by atoms with van der Waals surface area (Å²) in [5.41, 5.74) is 5.85. The number of amides is 1. The molecule has 0 radical (unpaired) electrons. The number of aromatic amines is 2. The number of carbonyl (C=O) groups excluding carboxylic acids is 1. The van der Waals surface area contributed by atoms with Crippen LogP contribution >= 0.6 is 0 Å². The maximum Gasteiger partial charge on any atom is 0.224 e. The summed E-state index contributed by atoms with van der Waals surface area (Å²) >= 11 is 0. The van der Waals surface area contributed by atoms with E-state index in [4.69, 9.17) is 0 Å². The predicted molar refractivity (Wildman–Crippen MR) is 127 cm³/mol. The average molecular weight is 425 g/mol. The number of pyridine rings is 2.